The van der Waals surface area contributed by atoms with Gasteiger partial charge in [-0.1, -0.05) is 6.92 Å². The molecule has 1 amide bonds. The highest BCUT2D eigenvalue weighted by Gasteiger charge is 2.13. The molecular weight excluding hydrogens is 170 g/mol. The minimum absolute atomic E-state index is 0.00866. The van der Waals surface area contributed by atoms with E-state index in [9.17, 15) is 4.79 Å². The van der Waals surface area contributed by atoms with E-state index in [0.717, 1.165) is 0 Å². The molecule has 0 aliphatic heterocycles. The number of nitrogens with one attached hydrogen (secondary N) is 1. The van der Waals surface area contributed by atoms with E-state index in [2.05, 4.69) is 5.32 Å². The van der Waals surface area contributed by atoms with Gasteiger partial charge in [-0.2, -0.15) is 0 Å². The molecule has 0 aromatic heterocycles. The van der Waals surface area contributed by atoms with Gasteiger partial charge >= 0.3 is 0 Å². The quantitative estimate of drug-likeness (QED) is 0.625. The van der Waals surface area contributed by atoms with Gasteiger partial charge in [-0.05, 0) is 12.8 Å². The smallest absolute Gasteiger partial charge is 0.222 e. The average Bonchev–Trinajstić information content (AvgIpc) is 2.13. The highest BCUT2D eigenvalue weighted by molar-refractivity contribution is 5.76. The molecule has 0 fully saturated rings. The van der Waals surface area contributed by atoms with Crippen molar-refractivity contribution >= 4 is 5.91 Å². The lowest BCUT2D eigenvalue weighted by atomic mass is 10.1. The second kappa shape index (κ2) is 6.86. The minimum Gasteiger partial charge on any atom is -0.396 e. The van der Waals surface area contributed by atoms with Crippen molar-refractivity contribution in [3.05, 3.63) is 0 Å². The van der Waals surface area contributed by atoms with Gasteiger partial charge in [0.1, 0.15) is 0 Å². The number of aliphatic hydroxyl groups is 1. The van der Waals surface area contributed by atoms with Crippen LogP contribution in [0.4, 0.5) is 0 Å². The highest BCUT2D eigenvalue weighted by Crippen LogP contribution is 2.00. The lowest BCUT2D eigenvalue weighted by molar-refractivity contribution is -0.122. The van der Waals surface area contributed by atoms with Gasteiger partial charge in [0.2, 0.25) is 5.91 Å². The Morgan fingerprint density at radius 3 is 2.62 bits per heavy atom. The molecule has 0 saturated heterocycles. The first kappa shape index (κ1) is 12.4. The molecule has 2 atom stereocenters. The van der Waals surface area contributed by atoms with Crippen molar-refractivity contribution < 1.29 is 14.6 Å². The summed E-state index contributed by atoms with van der Waals surface area (Å²) in [4.78, 5) is 11.2. The maximum atomic E-state index is 11.2. The summed E-state index contributed by atoms with van der Waals surface area (Å²) >= 11 is 0. The molecule has 0 saturated carbocycles. The van der Waals surface area contributed by atoms with E-state index in [1.807, 2.05) is 13.8 Å². The van der Waals surface area contributed by atoms with Gasteiger partial charge in [-0.3, -0.25) is 4.79 Å². The standard InChI is InChI=1S/C9H19NO3/c1-7(6-11)8(2)10-9(12)4-5-13-3/h7-8,11H,4-6H2,1-3H3,(H,10,12). The van der Waals surface area contributed by atoms with E-state index in [-0.39, 0.29) is 24.5 Å². The van der Waals surface area contributed by atoms with Crippen molar-refractivity contribution in [1.29, 1.82) is 0 Å². The van der Waals surface area contributed by atoms with Crippen molar-refractivity contribution in [3.8, 4) is 0 Å². The molecule has 0 aromatic rings. The van der Waals surface area contributed by atoms with Crippen LogP contribution in [0.1, 0.15) is 20.3 Å². The normalized spacial score (nSPS) is 15.1. The summed E-state index contributed by atoms with van der Waals surface area (Å²) in [7, 11) is 1.56. The molecule has 0 aromatic carbocycles. The van der Waals surface area contributed by atoms with Gasteiger partial charge in [0.05, 0.1) is 6.61 Å². The molecule has 2 unspecified atom stereocenters. The largest absolute Gasteiger partial charge is 0.396 e. The Balaban J connectivity index is 3.64. The van der Waals surface area contributed by atoms with Gasteiger partial charge < -0.3 is 15.2 Å². The molecule has 0 aliphatic carbocycles. The maximum absolute atomic E-state index is 11.2. The molecule has 0 rings (SSSR count). The van der Waals surface area contributed by atoms with Crippen molar-refractivity contribution in [3.63, 3.8) is 0 Å². The van der Waals surface area contributed by atoms with E-state index in [1.165, 1.54) is 0 Å². The third kappa shape index (κ3) is 5.60. The van der Waals surface area contributed by atoms with E-state index in [1.54, 1.807) is 7.11 Å². The second-order valence-electron chi connectivity index (χ2n) is 3.26. The Morgan fingerprint density at radius 2 is 2.15 bits per heavy atom. The van der Waals surface area contributed by atoms with Crippen molar-refractivity contribution in [2.24, 2.45) is 5.92 Å². The molecular formula is C9H19NO3. The summed E-state index contributed by atoms with van der Waals surface area (Å²) in [6.07, 6.45) is 0.374. The predicted molar refractivity (Wildman–Crippen MR) is 50.3 cm³/mol. The van der Waals surface area contributed by atoms with Gasteiger partial charge in [0.15, 0.2) is 0 Å². The fraction of sp³-hybridized carbons (Fsp3) is 0.889. The third-order valence-corrected chi connectivity index (χ3v) is 2.06. The van der Waals surface area contributed by atoms with E-state index in [4.69, 9.17) is 9.84 Å². The number of amides is 1. The van der Waals surface area contributed by atoms with Gasteiger partial charge in [0.25, 0.3) is 0 Å². The SMILES string of the molecule is COCCC(=O)NC(C)C(C)CO. The molecule has 13 heavy (non-hydrogen) atoms. The Labute approximate surface area is 79.3 Å². The monoisotopic (exact) mass is 189 g/mol. The number of rotatable bonds is 6. The first-order valence-electron chi connectivity index (χ1n) is 4.51. The van der Waals surface area contributed by atoms with Crippen LogP contribution in [0.15, 0.2) is 0 Å². The Bertz CT molecular complexity index is 150. The molecule has 0 heterocycles. The van der Waals surface area contributed by atoms with Crippen LogP contribution in [0.3, 0.4) is 0 Å². The van der Waals surface area contributed by atoms with E-state index in [0.29, 0.717) is 13.0 Å². The summed E-state index contributed by atoms with van der Waals surface area (Å²) in [5, 5.41) is 11.6. The van der Waals surface area contributed by atoms with E-state index >= 15 is 0 Å². The van der Waals surface area contributed by atoms with Crippen LogP contribution in [0.2, 0.25) is 0 Å². The predicted octanol–water partition coefficient (Wildman–Crippen LogP) is 0.156. The van der Waals surface area contributed by atoms with Crippen molar-refractivity contribution in [2.45, 2.75) is 26.3 Å². The number of carbonyl (C=O) groups is 1. The topological polar surface area (TPSA) is 58.6 Å². The molecule has 78 valence electrons. The van der Waals surface area contributed by atoms with Crippen molar-refractivity contribution in [1.82, 2.24) is 5.32 Å². The summed E-state index contributed by atoms with van der Waals surface area (Å²) < 4.78 is 4.77. The molecule has 2 N–H and O–H groups in total. The fourth-order valence-corrected chi connectivity index (χ4v) is 0.821. The molecule has 0 bridgehead atoms. The van der Waals surface area contributed by atoms with Gasteiger partial charge in [-0.15, -0.1) is 0 Å². The van der Waals surface area contributed by atoms with Gasteiger partial charge in [-0.25, -0.2) is 0 Å². The van der Waals surface area contributed by atoms with Crippen LogP contribution < -0.4 is 5.32 Å². The number of methoxy groups -OCH3 is 1. The molecule has 0 spiro atoms. The van der Waals surface area contributed by atoms with Crippen LogP contribution >= 0.6 is 0 Å². The van der Waals surface area contributed by atoms with Crippen LogP contribution in [0.5, 0.6) is 0 Å². The van der Waals surface area contributed by atoms with Crippen LogP contribution in [0, 0.1) is 5.92 Å². The lowest BCUT2D eigenvalue weighted by Crippen LogP contribution is -2.38. The summed E-state index contributed by atoms with van der Waals surface area (Å²) in [6.45, 7) is 4.30. The average molecular weight is 189 g/mol. The fourth-order valence-electron chi connectivity index (χ4n) is 0.821. The Hall–Kier alpha value is -0.610. The lowest BCUT2D eigenvalue weighted by Gasteiger charge is -2.18. The number of carbonyl (C=O) groups excluding carboxylic acids is 1. The number of hydrogen-bond acceptors (Lipinski definition) is 3. The minimum atomic E-state index is -0.0327. The summed E-state index contributed by atoms with van der Waals surface area (Å²) in [5.74, 6) is 0.0566. The van der Waals surface area contributed by atoms with Crippen LogP contribution in [-0.4, -0.2) is 37.4 Å². The number of ether oxygens (including phenoxy) is 1. The zero-order valence-corrected chi connectivity index (χ0v) is 8.54. The maximum Gasteiger partial charge on any atom is 0.222 e. The summed E-state index contributed by atoms with van der Waals surface area (Å²) in [5.41, 5.74) is 0. The first-order valence-corrected chi connectivity index (χ1v) is 4.51. The molecule has 4 nitrogen and oxygen atoms in total. The molecule has 4 heteroatoms. The number of hydrogen-bond donors (Lipinski definition) is 2. The summed E-state index contributed by atoms with van der Waals surface area (Å²) in [6, 6.07) is 0.00866. The molecule has 0 aliphatic rings. The molecule has 0 radical (unpaired) electrons. The Morgan fingerprint density at radius 1 is 1.54 bits per heavy atom. The second-order valence-corrected chi connectivity index (χ2v) is 3.26. The zero-order valence-electron chi connectivity index (χ0n) is 8.54. The zero-order chi connectivity index (χ0) is 10.3. The van der Waals surface area contributed by atoms with E-state index < -0.39 is 0 Å². The Kier molecular flexibility index (Phi) is 6.54. The first-order chi connectivity index (χ1) is 6.11. The van der Waals surface area contributed by atoms with Gasteiger partial charge in [0, 0.05) is 26.2 Å². The van der Waals surface area contributed by atoms with Crippen molar-refractivity contribution in [2.75, 3.05) is 20.3 Å². The third-order valence-electron chi connectivity index (χ3n) is 2.06. The number of aliphatic hydroxyl groups excluding tert-OH is 1. The van der Waals surface area contributed by atoms with Crippen LogP contribution in [-0.2, 0) is 9.53 Å². The van der Waals surface area contributed by atoms with Crippen LogP contribution in [0.25, 0.3) is 0 Å². The highest BCUT2D eigenvalue weighted by atomic mass is 16.5.